The molecule has 0 aliphatic carbocycles. The van der Waals surface area contributed by atoms with E-state index >= 15 is 0 Å². The van der Waals surface area contributed by atoms with Crippen molar-refractivity contribution in [2.24, 2.45) is 7.05 Å². The highest BCUT2D eigenvalue weighted by atomic mass is 16.5. The number of hydrogen-bond donors (Lipinski definition) is 1. The first-order valence-electron chi connectivity index (χ1n) is 9.36. The van der Waals surface area contributed by atoms with Crippen LogP contribution in [-0.4, -0.2) is 70.5 Å². The van der Waals surface area contributed by atoms with Gasteiger partial charge in [-0.2, -0.15) is 5.10 Å². The second-order valence-electron chi connectivity index (χ2n) is 7.23. The number of likely N-dealkylation sites (N-methyl/N-ethyl adjacent to an activating group) is 1. The van der Waals surface area contributed by atoms with Gasteiger partial charge in [0.05, 0.1) is 32.0 Å². The zero-order chi connectivity index (χ0) is 18.8. The van der Waals surface area contributed by atoms with E-state index in [0.717, 1.165) is 51.5 Å². The first-order valence-corrected chi connectivity index (χ1v) is 9.36. The van der Waals surface area contributed by atoms with Gasteiger partial charge in [-0.25, -0.2) is 0 Å². The highest BCUT2D eigenvalue weighted by Crippen LogP contribution is 2.21. The molecule has 0 atom stereocenters. The number of fused-ring (bicyclic) bond motifs is 1. The Kier molecular flexibility index (Phi) is 5.24. The molecule has 2 aliphatic heterocycles. The summed E-state index contributed by atoms with van der Waals surface area (Å²) in [5, 5.41) is 11.4. The lowest BCUT2D eigenvalue weighted by Crippen LogP contribution is -2.35. The molecule has 1 saturated heterocycles. The molecule has 4 heterocycles. The lowest BCUT2D eigenvalue weighted by Gasteiger charge is -2.25. The Labute approximate surface area is 158 Å². The quantitative estimate of drug-likeness (QED) is 0.797. The van der Waals surface area contributed by atoms with Crippen molar-refractivity contribution in [1.82, 2.24) is 30.1 Å². The van der Waals surface area contributed by atoms with Gasteiger partial charge in [0.25, 0.3) is 5.91 Å². The highest BCUT2D eigenvalue weighted by Gasteiger charge is 2.23. The molecule has 0 spiro atoms. The molecule has 9 heteroatoms. The average Bonchev–Trinajstić information content (AvgIpc) is 3.25. The smallest absolute Gasteiger partial charge is 0.273 e. The summed E-state index contributed by atoms with van der Waals surface area (Å²) in [5.74, 6) is 0.453. The van der Waals surface area contributed by atoms with Crippen LogP contribution in [0.1, 0.15) is 33.2 Å². The molecule has 0 bridgehead atoms. The first-order chi connectivity index (χ1) is 13.1. The number of carbonyl (C=O) groups excluding carboxylic acids is 1. The van der Waals surface area contributed by atoms with Gasteiger partial charge in [-0.15, -0.1) is 0 Å². The fourth-order valence-electron chi connectivity index (χ4n) is 3.68. The van der Waals surface area contributed by atoms with E-state index in [1.165, 1.54) is 11.3 Å². The third-order valence-corrected chi connectivity index (χ3v) is 5.21. The number of rotatable bonds is 5. The molecule has 0 aromatic carbocycles. The van der Waals surface area contributed by atoms with Gasteiger partial charge < -0.3 is 19.5 Å². The van der Waals surface area contributed by atoms with Crippen molar-refractivity contribution >= 4 is 5.91 Å². The van der Waals surface area contributed by atoms with E-state index in [1.54, 1.807) is 6.07 Å². The topological polar surface area (TPSA) is 88.7 Å². The second kappa shape index (κ2) is 7.79. The van der Waals surface area contributed by atoms with Gasteiger partial charge in [-0.3, -0.25) is 14.4 Å². The number of carbonyl (C=O) groups is 1. The monoisotopic (exact) mass is 374 g/mol. The van der Waals surface area contributed by atoms with Crippen LogP contribution in [0.15, 0.2) is 10.6 Å². The van der Waals surface area contributed by atoms with E-state index in [0.29, 0.717) is 24.5 Å². The van der Waals surface area contributed by atoms with E-state index < -0.39 is 0 Å². The zero-order valence-corrected chi connectivity index (χ0v) is 15.9. The lowest BCUT2D eigenvalue weighted by atomic mass is 10.1. The standard InChI is InChI=1S/C18H26N6O3/c1-22-4-3-17-14(12-22)16(20-23(17)2)10-19-18(25)15-9-13(27-21-15)11-24-5-7-26-8-6-24/h9H,3-8,10-12H2,1-2H3,(H,19,25). The Morgan fingerprint density at radius 1 is 1.26 bits per heavy atom. The third-order valence-electron chi connectivity index (χ3n) is 5.21. The van der Waals surface area contributed by atoms with E-state index in [-0.39, 0.29) is 5.91 Å². The summed E-state index contributed by atoms with van der Waals surface area (Å²) in [4.78, 5) is 16.9. The van der Waals surface area contributed by atoms with Gasteiger partial charge in [0, 0.05) is 57.0 Å². The lowest BCUT2D eigenvalue weighted by molar-refractivity contribution is 0.0305. The number of nitrogens with zero attached hydrogens (tertiary/aromatic N) is 5. The van der Waals surface area contributed by atoms with E-state index in [2.05, 4.69) is 32.4 Å². The molecule has 0 radical (unpaired) electrons. The van der Waals surface area contributed by atoms with Crippen molar-refractivity contribution in [3.63, 3.8) is 0 Å². The van der Waals surface area contributed by atoms with Crippen LogP contribution in [0.2, 0.25) is 0 Å². The SMILES string of the molecule is CN1CCc2c(c(CNC(=O)c3cc(CN4CCOCC4)on3)nn2C)C1. The predicted molar refractivity (Wildman–Crippen MR) is 97.0 cm³/mol. The molecule has 1 amide bonds. The third kappa shape index (κ3) is 4.05. The molecule has 2 aromatic rings. The molecular weight excluding hydrogens is 348 g/mol. The van der Waals surface area contributed by atoms with Gasteiger partial charge in [0.15, 0.2) is 11.5 Å². The van der Waals surface area contributed by atoms with Crippen molar-refractivity contribution in [3.8, 4) is 0 Å². The maximum atomic E-state index is 12.5. The van der Waals surface area contributed by atoms with Gasteiger partial charge in [-0.1, -0.05) is 5.16 Å². The summed E-state index contributed by atoms with van der Waals surface area (Å²) in [6, 6.07) is 1.71. The Hall–Kier alpha value is -2.23. The maximum Gasteiger partial charge on any atom is 0.273 e. The molecule has 9 nitrogen and oxygen atoms in total. The number of hydrogen-bond acceptors (Lipinski definition) is 7. The minimum atomic E-state index is -0.240. The summed E-state index contributed by atoms with van der Waals surface area (Å²) < 4.78 is 12.6. The van der Waals surface area contributed by atoms with Crippen LogP contribution in [0.3, 0.4) is 0 Å². The second-order valence-corrected chi connectivity index (χ2v) is 7.23. The fourth-order valence-corrected chi connectivity index (χ4v) is 3.68. The summed E-state index contributed by atoms with van der Waals surface area (Å²) in [6.07, 6.45) is 0.984. The molecular formula is C18H26N6O3. The molecule has 1 fully saturated rings. The normalized spacial score (nSPS) is 18.4. The Balaban J connectivity index is 1.36. The Morgan fingerprint density at radius 3 is 2.89 bits per heavy atom. The van der Waals surface area contributed by atoms with Crippen molar-refractivity contribution in [2.75, 3.05) is 39.9 Å². The molecule has 4 rings (SSSR count). The molecule has 2 aliphatic rings. The Morgan fingerprint density at radius 2 is 2.07 bits per heavy atom. The summed E-state index contributed by atoms with van der Waals surface area (Å²) >= 11 is 0. The molecule has 0 saturated carbocycles. The van der Waals surface area contributed by atoms with Gasteiger partial charge in [-0.05, 0) is 7.05 Å². The number of amides is 1. The average molecular weight is 374 g/mol. The number of aromatic nitrogens is 3. The highest BCUT2D eigenvalue weighted by molar-refractivity contribution is 5.92. The number of nitrogens with one attached hydrogen (secondary N) is 1. The minimum absolute atomic E-state index is 0.240. The van der Waals surface area contributed by atoms with Crippen LogP contribution in [0.4, 0.5) is 0 Å². The minimum Gasteiger partial charge on any atom is -0.379 e. The van der Waals surface area contributed by atoms with Crippen LogP contribution >= 0.6 is 0 Å². The van der Waals surface area contributed by atoms with E-state index in [9.17, 15) is 4.79 Å². The summed E-state index contributed by atoms with van der Waals surface area (Å²) in [6.45, 7) is 6.11. The van der Waals surface area contributed by atoms with Crippen LogP contribution in [0.5, 0.6) is 0 Å². The zero-order valence-electron chi connectivity index (χ0n) is 15.9. The van der Waals surface area contributed by atoms with Crippen molar-refractivity contribution in [2.45, 2.75) is 26.1 Å². The maximum absolute atomic E-state index is 12.5. The largest absolute Gasteiger partial charge is 0.379 e. The van der Waals surface area contributed by atoms with Gasteiger partial charge in [0.1, 0.15) is 0 Å². The summed E-state index contributed by atoms with van der Waals surface area (Å²) in [5.41, 5.74) is 3.70. The number of morpholine rings is 1. The van der Waals surface area contributed by atoms with Crippen LogP contribution in [-0.2, 0) is 37.8 Å². The molecule has 0 unspecified atom stereocenters. The van der Waals surface area contributed by atoms with Crippen molar-refractivity contribution in [1.29, 1.82) is 0 Å². The van der Waals surface area contributed by atoms with Gasteiger partial charge in [0.2, 0.25) is 0 Å². The predicted octanol–water partition coefficient (Wildman–Crippen LogP) is 0.158. The van der Waals surface area contributed by atoms with E-state index in [4.69, 9.17) is 9.26 Å². The van der Waals surface area contributed by atoms with Crippen molar-refractivity contribution < 1.29 is 14.1 Å². The molecule has 1 N–H and O–H groups in total. The first kappa shape index (κ1) is 18.1. The van der Waals surface area contributed by atoms with Crippen LogP contribution in [0.25, 0.3) is 0 Å². The molecule has 146 valence electrons. The van der Waals surface area contributed by atoms with Crippen LogP contribution < -0.4 is 5.32 Å². The number of aryl methyl sites for hydroxylation is 1. The van der Waals surface area contributed by atoms with Gasteiger partial charge >= 0.3 is 0 Å². The molecule has 2 aromatic heterocycles. The van der Waals surface area contributed by atoms with E-state index in [1.807, 2.05) is 11.7 Å². The number of ether oxygens (including phenoxy) is 1. The van der Waals surface area contributed by atoms with Crippen LogP contribution in [0, 0.1) is 0 Å². The Bertz CT molecular complexity index is 808. The fraction of sp³-hybridized carbons (Fsp3) is 0.611. The summed E-state index contributed by atoms with van der Waals surface area (Å²) in [7, 11) is 4.06. The molecule has 27 heavy (non-hydrogen) atoms. The van der Waals surface area contributed by atoms with Crippen molar-refractivity contribution in [3.05, 3.63) is 34.5 Å².